The average Bonchev–Trinajstić information content (AvgIpc) is 2.36. The van der Waals surface area contributed by atoms with Gasteiger partial charge in [-0.1, -0.05) is 17.7 Å². The first-order valence-corrected chi connectivity index (χ1v) is 6.26. The topological polar surface area (TPSA) is 0 Å². The normalized spacial score (nSPS) is 12.5. The summed E-state index contributed by atoms with van der Waals surface area (Å²) >= 11 is 11.7. The van der Waals surface area contributed by atoms with Crippen LogP contribution < -0.4 is 0 Å². The maximum absolute atomic E-state index is 13.7. The molecule has 2 aromatic rings. The SMILES string of the molecule is Cc1cc(C(Cl)c2ccc(Cl)c(F)c2)c(F)cc1F. The molecule has 0 heterocycles. The minimum absolute atomic E-state index is 0.0385. The summed E-state index contributed by atoms with van der Waals surface area (Å²) in [7, 11) is 0. The highest BCUT2D eigenvalue weighted by Crippen LogP contribution is 2.33. The zero-order chi connectivity index (χ0) is 14.2. The van der Waals surface area contributed by atoms with Crippen molar-refractivity contribution in [3.8, 4) is 0 Å². The Labute approximate surface area is 118 Å². The molecule has 0 aromatic heterocycles. The number of hydrogen-bond donors (Lipinski definition) is 0. The number of benzene rings is 2. The number of halogens is 5. The Bertz CT molecular complexity index is 626. The standard InChI is InChI=1S/C14H9Cl2F3/c1-7-4-9(12(18)6-11(7)17)14(16)8-2-3-10(15)13(19)5-8/h2-6,14H,1H3. The van der Waals surface area contributed by atoms with E-state index in [9.17, 15) is 13.2 Å². The molecule has 1 unspecified atom stereocenters. The summed E-state index contributed by atoms with van der Waals surface area (Å²) in [6.45, 7) is 1.50. The van der Waals surface area contributed by atoms with Gasteiger partial charge in [0.2, 0.25) is 0 Å². The molecule has 0 aliphatic rings. The Kier molecular flexibility index (Phi) is 4.07. The molecule has 0 spiro atoms. The summed E-state index contributed by atoms with van der Waals surface area (Å²) in [5.74, 6) is -2.05. The van der Waals surface area contributed by atoms with E-state index in [-0.39, 0.29) is 16.1 Å². The van der Waals surface area contributed by atoms with Crippen LogP contribution in [0.25, 0.3) is 0 Å². The van der Waals surface area contributed by atoms with Crippen molar-refractivity contribution < 1.29 is 13.2 Å². The van der Waals surface area contributed by atoms with E-state index in [0.29, 0.717) is 5.56 Å². The van der Waals surface area contributed by atoms with Crippen molar-refractivity contribution in [3.05, 3.63) is 69.5 Å². The monoisotopic (exact) mass is 304 g/mol. The molecular weight excluding hydrogens is 296 g/mol. The number of hydrogen-bond acceptors (Lipinski definition) is 0. The summed E-state index contributed by atoms with van der Waals surface area (Å²) in [6.07, 6.45) is 0. The summed E-state index contributed by atoms with van der Waals surface area (Å²) in [6, 6.07) is 6.07. The number of rotatable bonds is 2. The first kappa shape index (κ1) is 14.2. The summed E-state index contributed by atoms with van der Waals surface area (Å²) < 4.78 is 40.2. The Balaban J connectivity index is 2.46. The van der Waals surface area contributed by atoms with E-state index in [1.807, 2.05) is 0 Å². The van der Waals surface area contributed by atoms with Gasteiger partial charge < -0.3 is 0 Å². The van der Waals surface area contributed by atoms with Crippen LogP contribution in [0.3, 0.4) is 0 Å². The van der Waals surface area contributed by atoms with E-state index in [1.54, 1.807) is 0 Å². The highest BCUT2D eigenvalue weighted by atomic mass is 35.5. The number of aryl methyl sites for hydroxylation is 1. The molecule has 0 bridgehead atoms. The average molecular weight is 305 g/mol. The zero-order valence-corrected chi connectivity index (χ0v) is 11.4. The lowest BCUT2D eigenvalue weighted by Gasteiger charge is -2.13. The molecule has 0 nitrogen and oxygen atoms in total. The third-order valence-electron chi connectivity index (χ3n) is 2.79. The maximum atomic E-state index is 13.7. The quantitative estimate of drug-likeness (QED) is 0.652. The van der Waals surface area contributed by atoms with E-state index in [2.05, 4.69) is 0 Å². The largest absolute Gasteiger partial charge is 0.207 e. The predicted octanol–water partition coefficient (Wildman–Crippen LogP) is 5.39. The fourth-order valence-corrected chi connectivity index (χ4v) is 2.14. The molecule has 0 aliphatic carbocycles. The van der Waals surface area contributed by atoms with Crippen molar-refractivity contribution in [1.82, 2.24) is 0 Å². The molecular formula is C14H9Cl2F3. The lowest BCUT2D eigenvalue weighted by molar-refractivity contribution is 0.567. The molecule has 0 fully saturated rings. The van der Waals surface area contributed by atoms with Crippen molar-refractivity contribution in [2.24, 2.45) is 0 Å². The minimum atomic E-state index is -0.911. The zero-order valence-electron chi connectivity index (χ0n) is 9.85. The van der Waals surface area contributed by atoms with Crippen LogP contribution in [0.5, 0.6) is 0 Å². The lowest BCUT2D eigenvalue weighted by Crippen LogP contribution is -2.00. The number of alkyl halides is 1. The van der Waals surface area contributed by atoms with Gasteiger partial charge in [-0.05, 0) is 36.2 Å². The molecule has 0 saturated carbocycles. The van der Waals surface area contributed by atoms with Crippen LogP contribution in [0.4, 0.5) is 13.2 Å². The first-order chi connectivity index (χ1) is 8.90. The van der Waals surface area contributed by atoms with Gasteiger partial charge in [0.25, 0.3) is 0 Å². The van der Waals surface area contributed by atoms with E-state index < -0.39 is 22.8 Å². The molecule has 2 rings (SSSR count). The Morgan fingerprint density at radius 1 is 0.947 bits per heavy atom. The molecule has 0 N–H and O–H groups in total. The van der Waals surface area contributed by atoms with E-state index >= 15 is 0 Å². The van der Waals surface area contributed by atoms with Crippen LogP contribution in [-0.4, -0.2) is 0 Å². The van der Waals surface area contributed by atoms with Crippen molar-refractivity contribution in [2.75, 3.05) is 0 Å². The Hall–Kier alpha value is -1.19. The first-order valence-electron chi connectivity index (χ1n) is 5.44. The summed E-state index contributed by atoms with van der Waals surface area (Å²) in [5.41, 5.74) is 0.729. The highest BCUT2D eigenvalue weighted by molar-refractivity contribution is 6.30. The third-order valence-corrected chi connectivity index (χ3v) is 3.58. The molecule has 0 amide bonds. The summed E-state index contributed by atoms with van der Waals surface area (Å²) in [5, 5.41) is -0.950. The molecule has 0 aliphatic heterocycles. The molecule has 0 radical (unpaired) electrons. The van der Waals surface area contributed by atoms with Crippen LogP contribution in [0.15, 0.2) is 30.3 Å². The minimum Gasteiger partial charge on any atom is -0.207 e. The van der Waals surface area contributed by atoms with Crippen molar-refractivity contribution >= 4 is 23.2 Å². The van der Waals surface area contributed by atoms with Crippen molar-refractivity contribution in [1.29, 1.82) is 0 Å². The van der Waals surface area contributed by atoms with Gasteiger partial charge in [-0.2, -0.15) is 0 Å². The Morgan fingerprint density at radius 2 is 1.63 bits per heavy atom. The molecule has 5 heteroatoms. The lowest BCUT2D eigenvalue weighted by atomic mass is 10.0. The van der Waals surface area contributed by atoms with Gasteiger partial charge in [0.15, 0.2) is 0 Å². The second kappa shape index (κ2) is 5.43. The van der Waals surface area contributed by atoms with Crippen LogP contribution in [0.2, 0.25) is 5.02 Å². The molecule has 2 aromatic carbocycles. The second-order valence-corrected chi connectivity index (χ2v) is 5.00. The van der Waals surface area contributed by atoms with E-state index in [0.717, 1.165) is 12.1 Å². The van der Waals surface area contributed by atoms with Gasteiger partial charge in [-0.3, -0.25) is 0 Å². The van der Waals surface area contributed by atoms with E-state index in [1.165, 1.54) is 25.1 Å². The van der Waals surface area contributed by atoms with Gasteiger partial charge in [-0.25, -0.2) is 13.2 Å². The smallest absolute Gasteiger partial charge is 0.142 e. The Morgan fingerprint density at radius 3 is 2.26 bits per heavy atom. The third kappa shape index (κ3) is 2.88. The van der Waals surface area contributed by atoms with Crippen LogP contribution in [0.1, 0.15) is 22.1 Å². The van der Waals surface area contributed by atoms with Crippen molar-refractivity contribution in [2.45, 2.75) is 12.3 Å². The van der Waals surface area contributed by atoms with Crippen molar-refractivity contribution in [3.63, 3.8) is 0 Å². The van der Waals surface area contributed by atoms with Gasteiger partial charge in [0, 0.05) is 11.6 Å². The molecule has 1 atom stereocenters. The van der Waals surface area contributed by atoms with Gasteiger partial charge in [0.1, 0.15) is 17.5 Å². The maximum Gasteiger partial charge on any atom is 0.142 e. The van der Waals surface area contributed by atoms with Crippen LogP contribution in [-0.2, 0) is 0 Å². The molecule has 19 heavy (non-hydrogen) atoms. The van der Waals surface area contributed by atoms with E-state index in [4.69, 9.17) is 23.2 Å². The molecule has 100 valence electrons. The van der Waals surface area contributed by atoms with Crippen LogP contribution in [0, 0.1) is 24.4 Å². The van der Waals surface area contributed by atoms with Crippen LogP contribution >= 0.6 is 23.2 Å². The summed E-state index contributed by atoms with van der Waals surface area (Å²) in [4.78, 5) is 0. The van der Waals surface area contributed by atoms with Gasteiger partial charge in [-0.15, -0.1) is 11.6 Å². The fraction of sp³-hybridized carbons (Fsp3) is 0.143. The molecule has 0 saturated heterocycles. The second-order valence-electron chi connectivity index (χ2n) is 4.16. The van der Waals surface area contributed by atoms with Gasteiger partial charge in [0.05, 0.1) is 10.4 Å². The highest BCUT2D eigenvalue weighted by Gasteiger charge is 2.18. The predicted molar refractivity (Wildman–Crippen MR) is 70.2 cm³/mol. The fourth-order valence-electron chi connectivity index (χ4n) is 1.72. The van der Waals surface area contributed by atoms with Gasteiger partial charge >= 0.3 is 0 Å².